The van der Waals surface area contributed by atoms with Gasteiger partial charge in [0.25, 0.3) is 5.91 Å². The minimum absolute atomic E-state index is 0.0293. The maximum absolute atomic E-state index is 12.7. The molecule has 1 aromatic carbocycles. The lowest BCUT2D eigenvalue weighted by molar-refractivity contribution is -0.155. The Balaban J connectivity index is 1.50. The molecule has 1 saturated heterocycles. The van der Waals surface area contributed by atoms with E-state index in [9.17, 15) is 18.0 Å². The molecule has 2 atom stereocenters. The molecule has 0 saturated carbocycles. The number of amides is 1. The summed E-state index contributed by atoms with van der Waals surface area (Å²) in [5.74, 6) is -0.314. The second kappa shape index (κ2) is 9.15. The number of aryl methyl sites for hydroxylation is 2. The van der Waals surface area contributed by atoms with E-state index >= 15 is 0 Å². The summed E-state index contributed by atoms with van der Waals surface area (Å²) in [6.07, 6.45) is 4.35. The number of carbonyl (C=O) groups is 2. The first-order valence-corrected chi connectivity index (χ1v) is 12.0. The fourth-order valence-electron chi connectivity index (χ4n) is 4.04. The zero-order chi connectivity index (χ0) is 21.0. The first-order chi connectivity index (χ1) is 13.8. The van der Waals surface area contributed by atoms with Crippen LogP contribution in [0.1, 0.15) is 44.2 Å². The molecule has 0 radical (unpaired) electrons. The number of sulfone groups is 1. The molecular weight excluding hydrogens is 394 g/mol. The second-order valence-corrected chi connectivity index (χ2v) is 10.1. The Morgan fingerprint density at radius 1 is 1.21 bits per heavy atom. The van der Waals surface area contributed by atoms with Crippen molar-refractivity contribution in [1.82, 2.24) is 4.90 Å². The minimum atomic E-state index is -3.11. The maximum Gasteiger partial charge on any atom is 0.344 e. The highest BCUT2D eigenvalue weighted by Crippen LogP contribution is 2.26. The first-order valence-electron chi connectivity index (χ1n) is 10.2. The van der Waals surface area contributed by atoms with Crippen molar-refractivity contribution in [2.45, 2.75) is 58.0 Å². The topological polar surface area (TPSA) is 90.0 Å². The number of carbonyl (C=O) groups excluding carboxylic acids is 2. The van der Waals surface area contributed by atoms with E-state index in [1.807, 2.05) is 32.0 Å². The molecule has 0 N–H and O–H groups in total. The molecule has 1 aliphatic carbocycles. The Hall–Kier alpha value is -2.09. The Morgan fingerprint density at radius 2 is 1.97 bits per heavy atom. The summed E-state index contributed by atoms with van der Waals surface area (Å²) in [6.45, 7) is 3.13. The van der Waals surface area contributed by atoms with Crippen LogP contribution in [-0.2, 0) is 37.0 Å². The lowest BCUT2D eigenvalue weighted by atomic mass is 10.1. The van der Waals surface area contributed by atoms with Gasteiger partial charge >= 0.3 is 5.97 Å². The molecule has 1 heterocycles. The number of hydrogen-bond acceptors (Lipinski definition) is 6. The summed E-state index contributed by atoms with van der Waals surface area (Å²) in [6, 6.07) is 5.33. The summed E-state index contributed by atoms with van der Waals surface area (Å²) in [5.41, 5.74) is 2.58. The summed E-state index contributed by atoms with van der Waals surface area (Å²) >= 11 is 0. The molecule has 1 fully saturated rings. The molecule has 29 heavy (non-hydrogen) atoms. The lowest BCUT2D eigenvalue weighted by Crippen LogP contribution is -2.48. The normalized spacial score (nSPS) is 20.7. The van der Waals surface area contributed by atoms with E-state index in [0.717, 1.165) is 19.3 Å². The van der Waals surface area contributed by atoms with Gasteiger partial charge in [-0.05, 0) is 62.3 Å². The van der Waals surface area contributed by atoms with E-state index < -0.39 is 22.4 Å². The Labute approximate surface area is 172 Å². The second-order valence-electron chi connectivity index (χ2n) is 7.85. The standard InChI is InChI=1S/C21H29NO6S/c1-3-15(2)22(18-9-10-29(25,26)14-18)20(23)12-28-21(24)13-27-19-8-7-16-5-4-6-17(16)11-19/h7-8,11,15,18H,3-6,9-10,12-14H2,1-2H3/t15-,18+/m1/s1. The number of nitrogens with zero attached hydrogens (tertiary/aromatic N) is 1. The van der Waals surface area contributed by atoms with Crippen LogP contribution in [0.25, 0.3) is 0 Å². The average molecular weight is 424 g/mol. The number of esters is 1. The van der Waals surface area contributed by atoms with Gasteiger partial charge in [0.05, 0.1) is 11.5 Å². The molecule has 0 bridgehead atoms. The smallest absolute Gasteiger partial charge is 0.344 e. The van der Waals surface area contributed by atoms with E-state index in [4.69, 9.17) is 9.47 Å². The van der Waals surface area contributed by atoms with Crippen LogP contribution in [0.5, 0.6) is 5.75 Å². The van der Waals surface area contributed by atoms with E-state index in [-0.39, 0.29) is 36.1 Å². The van der Waals surface area contributed by atoms with Gasteiger partial charge in [0.1, 0.15) is 5.75 Å². The molecule has 3 rings (SSSR count). The molecule has 160 valence electrons. The summed E-state index contributed by atoms with van der Waals surface area (Å²) < 4.78 is 34.2. The van der Waals surface area contributed by atoms with Gasteiger partial charge in [0, 0.05) is 12.1 Å². The molecule has 2 aliphatic rings. The van der Waals surface area contributed by atoms with Crippen molar-refractivity contribution in [1.29, 1.82) is 0 Å². The summed E-state index contributed by atoms with van der Waals surface area (Å²) in [4.78, 5) is 26.3. The third kappa shape index (κ3) is 5.50. The van der Waals surface area contributed by atoms with Gasteiger partial charge in [0.15, 0.2) is 23.1 Å². The first kappa shape index (κ1) is 21.6. The molecule has 0 aromatic heterocycles. The highest BCUT2D eigenvalue weighted by atomic mass is 32.2. The Kier molecular flexibility index (Phi) is 6.82. The van der Waals surface area contributed by atoms with Crippen LogP contribution < -0.4 is 4.74 Å². The Morgan fingerprint density at radius 3 is 2.66 bits per heavy atom. The number of hydrogen-bond donors (Lipinski definition) is 0. The molecule has 0 spiro atoms. The van der Waals surface area contributed by atoms with Crippen LogP contribution in [0.15, 0.2) is 18.2 Å². The zero-order valence-corrected chi connectivity index (χ0v) is 17.9. The van der Waals surface area contributed by atoms with E-state index in [1.165, 1.54) is 11.1 Å². The molecule has 1 aromatic rings. The summed E-state index contributed by atoms with van der Waals surface area (Å²) in [7, 11) is -3.11. The van der Waals surface area contributed by atoms with Crippen LogP contribution in [0.2, 0.25) is 0 Å². The number of ether oxygens (including phenoxy) is 2. The predicted molar refractivity (Wildman–Crippen MR) is 109 cm³/mol. The van der Waals surface area contributed by atoms with Crippen molar-refractivity contribution in [3.05, 3.63) is 29.3 Å². The van der Waals surface area contributed by atoms with Gasteiger partial charge in [-0.1, -0.05) is 13.0 Å². The van der Waals surface area contributed by atoms with Gasteiger partial charge in [-0.2, -0.15) is 0 Å². The van der Waals surface area contributed by atoms with Crippen molar-refractivity contribution in [2.24, 2.45) is 0 Å². The van der Waals surface area contributed by atoms with E-state index in [2.05, 4.69) is 0 Å². The molecule has 1 aliphatic heterocycles. The quantitative estimate of drug-likeness (QED) is 0.594. The number of benzene rings is 1. The van der Waals surface area contributed by atoms with E-state index in [1.54, 1.807) is 4.90 Å². The zero-order valence-electron chi connectivity index (χ0n) is 17.1. The van der Waals surface area contributed by atoms with Gasteiger partial charge in [0.2, 0.25) is 0 Å². The Bertz CT molecular complexity index is 866. The van der Waals surface area contributed by atoms with Crippen LogP contribution in [-0.4, -0.2) is 62.0 Å². The third-order valence-electron chi connectivity index (χ3n) is 5.74. The number of rotatable bonds is 8. The molecular formula is C21H29NO6S. The maximum atomic E-state index is 12.7. The average Bonchev–Trinajstić information content (AvgIpc) is 3.30. The fraction of sp³-hybridized carbons (Fsp3) is 0.619. The lowest BCUT2D eigenvalue weighted by Gasteiger charge is -2.33. The van der Waals surface area contributed by atoms with Crippen LogP contribution in [0.3, 0.4) is 0 Å². The van der Waals surface area contributed by atoms with E-state index in [0.29, 0.717) is 18.6 Å². The van der Waals surface area contributed by atoms with Gasteiger partial charge in [-0.3, -0.25) is 4.79 Å². The van der Waals surface area contributed by atoms with Crippen molar-refractivity contribution in [3.63, 3.8) is 0 Å². The van der Waals surface area contributed by atoms with Crippen LogP contribution in [0, 0.1) is 0 Å². The molecule has 8 heteroatoms. The SMILES string of the molecule is CC[C@@H](C)N(C(=O)COC(=O)COc1ccc2c(c1)CCC2)[C@H]1CCS(=O)(=O)C1. The van der Waals surface area contributed by atoms with Crippen molar-refractivity contribution >= 4 is 21.7 Å². The third-order valence-corrected chi connectivity index (χ3v) is 7.49. The minimum Gasteiger partial charge on any atom is -0.482 e. The van der Waals surface area contributed by atoms with Crippen LogP contribution >= 0.6 is 0 Å². The van der Waals surface area contributed by atoms with Gasteiger partial charge in [-0.25, -0.2) is 13.2 Å². The highest BCUT2D eigenvalue weighted by Gasteiger charge is 2.36. The number of fused-ring (bicyclic) bond motifs is 1. The molecule has 0 unspecified atom stereocenters. The molecule has 1 amide bonds. The van der Waals surface area contributed by atoms with Gasteiger partial charge < -0.3 is 14.4 Å². The van der Waals surface area contributed by atoms with Crippen molar-refractivity contribution < 1.29 is 27.5 Å². The fourth-order valence-corrected chi connectivity index (χ4v) is 5.75. The monoisotopic (exact) mass is 423 g/mol. The highest BCUT2D eigenvalue weighted by molar-refractivity contribution is 7.91. The summed E-state index contributed by atoms with van der Waals surface area (Å²) in [5, 5.41) is 0. The predicted octanol–water partition coefficient (Wildman–Crippen LogP) is 1.91. The van der Waals surface area contributed by atoms with Crippen molar-refractivity contribution in [2.75, 3.05) is 24.7 Å². The largest absolute Gasteiger partial charge is 0.482 e. The molecule has 7 nitrogen and oxygen atoms in total. The van der Waals surface area contributed by atoms with Crippen molar-refractivity contribution in [3.8, 4) is 5.75 Å². The van der Waals surface area contributed by atoms with Gasteiger partial charge in [-0.15, -0.1) is 0 Å². The van der Waals surface area contributed by atoms with Crippen LogP contribution in [0.4, 0.5) is 0 Å².